The summed E-state index contributed by atoms with van der Waals surface area (Å²) in [6.45, 7) is 0. The van der Waals surface area contributed by atoms with Crippen LogP contribution in [0.15, 0.2) is 91.8 Å². The fourth-order valence-electron chi connectivity index (χ4n) is 3.10. The molecule has 0 bridgehead atoms. The van der Waals surface area contributed by atoms with Crippen LogP contribution in [0.5, 0.6) is 5.75 Å². The highest BCUT2D eigenvalue weighted by molar-refractivity contribution is 7.92. The van der Waals surface area contributed by atoms with Crippen LogP contribution < -0.4 is 20.3 Å². The van der Waals surface area contributed by atoms with Crippen LogP contribution in [-0.2, 0) is 26.3 Å². The number of benzene rings is 3. The molecular weight excluding hydrogens is 525 g/mol. The van der Waals surface area contributed by atoms with Gasteiger partial charge in [-0.3, -0.25) is 4.72 Å². The van der Waals surface area contributed by atoms with Gasteiger partial charge in [0.25, 0.3) is 10.0 Å². The molecule has 9 nitrogen and oxygen atoms in total. The summed E-state index contributed by atoms with van der Waals surface area (Å²) in [5.74, 6) is -0.491. The molecule has 0 amide bonds. The first-order valence-electron chi connectivity index (χ1n) is 9.83. The summed E-state index contributed by atoms with van der Waals surface area (Å²) in [6, 6.07) is 13.0. The molecule has 0 spiro atoms. The van der Waals surface area contributed by atoms with Gasteiger partial charge < -0.3 is 14.3 Å². The third-order valence-corrected chi connectivity index (χ3v) is 7.42. The molecule has 0 saturated heterocycles. The average Bonchev–Trinajstić information content (AvgIpc) is 2.80. The predicted molar refractivity (Wildman–Crippen MR) is 123 cm³/mol. The minimum atomic E-state index is -4.78. The van der Waals surface area contributed by atoms with Crippen LogP contribution >= 0.6 is 0 Å². The van der Waals surface area contributed by atoms with E-state index in [-0.39, 0.29) is 15.9 Å². The van der Waals surface area contributed by atoms with Crippen LogP contribution in [0.25, 0.3) is 11.0 Å². The number of anilines is 2. The Labute approximate surface area is 202 Å². The molecule has 4 aromatic rings. The van der Waals surface area contributed by atoms with Gasteiger partial charge in [-0.1, -0.05) is 18.2 Å². The average molecular weight is 540 g/mol. The second kappa shape index (κ2) is 8.87. The highest BCUT2D eigenvalue weighted by Gasteiger charge is 2.32. The molecule has 0 aliphatic carbocycles. The molecule has 0 aliphatic rings. The lowest BCUT2D eigenvalue weighted by Gasteiger charge is -2.12. The molecule has 1 aromatic heterocycles. The molecule has 188 valence electrons. The standard InChI is InChI=1S/C22H15F3N2O7S2/c23-22(24,25)14-4-2-5-17(12-14)36(31,32)34-19-6-1-3-13-11-18(21(28)33-20(13)19)27-35(29,30)16-9-7-15(26)8-10-16/h1-12,27H,26H2. The molecule has 4 rings (SSSR count). The number of para-hydroxylation sites is 1. The SMILES string of the molecule is Nc1ccc(S(=O)(=O)Nc2cc3cccc(OS(=O)(=O)c4cccc(C(F)(F)F)c4)c3oc2=O)cc1. The maximum Gasteiger partial charge on any atom is 0.416 e. The molecule has 1 heterocycles. The van der Waals surface area contributed by atoms with E-state index in [2.05, 4.69) is 4.72 Å². The van der Waals surface area contributed by atoms with Gasteiger partial charge >= 0.3 is 21.9 Å². The molecule has 36 heavy (non-hydrogen) atoms. The van der Waals surface area contributed by atoms with Gasteiger partial charge in [-0.15, -0.1) is 0 Å². The van der Waals surface area contributed by atoms with E-state index in [4.69, 9.17) is 14.3 Å². The van der Waals surface area contributed by atoms with E-state index in [1.807, 2.05) is 0 Å². The summed E-state index contributed by atoms with van der Waals surface area (Å²) in [5, 5.41) is 0.0707. The summed E-state index contributed by atoms with van der Waals surface area (Å²) < 4.78 is 102. The highest BCUT2D eigenvalue weighted by Crippen LogP contribution is 2.33. The number of alkyl halides is 3. The molecule has 3 N–H and O–H groups in total. The Morgan fingerprint density at radius 3 is 2.19 bits per heavy atom. The summed E-state index contributed by atoms with van der Waals surface area (Å²) in [5.41, 5.74) is 2.66. The number of hydrogen-bond acceptors (Lipinski definition) is 8. The van der Waals surface area contributed by atoms with Crippen molar-refractivity contribution < 1.29 is 38.6 Å². The lowest BCUT2D eigenvalue weighted by atomic mass is 10.2. The van der Waals surface area contributed by atoms with Gasteiger partial charge in [0, 0.05) is 11.1 Å². The van der Waals surface area contributed by atoms with Gasteiger partial charge in [0.15, 0.2) is 11.3 Å². The van der Waals surface area contributed by atoms with Crippen LogP contribution in [-0.4, -0.2) is 16.8 Å². The van der Waals surface area contributed by atoms with Crippen molar-refractivity contribution >= 4 is 42.5 Å². The van der Waals surface area contributed by atoms with Gasteiger partial charge in [0.2, 0.25) is 0 Å². The van der Waals surface area contributed by atoms with Gasteiger partial charge in [0.05, 0.1) is 10.5 Å². The fourth-order valence-corrected chi connectivity index (χ4v) is 5.12. The number of hydrogen-bond donors (Lipinski definition) is 2. The Balaban J connectivity index is 1.70. The summed E-state index contributed by atoms with van der Waals surface area (Å²) >= 11 is 0. The van der Waals surface area contributed by atoms with Crippen molar-refractivity contribution in [2.45, 2.75) is 16.0 Å². The largest absolute Gasteiger partial charge is 0.417 e. The highest BCUT2D eigenvalue weighted by atomic mass is 32.2. The van der Waals surface area contributed by atoms with Crippen LogP contribution in [0, 0.1) is 0 Å². The molecule has 14 heteroatoms. The van der Waals surface area contributed by atoms with Crippen LogP contribution in [0.4, 0.5) is 24.5 Å². The topological polar surface area (TPSA) is 146 Å². The number of halogens is 3. The quantitative estimate of drug-likeness (QED) is 0.212. The number of fused-ring (bicyclic) bond motifs is 1. The van der Waals surface area contributed by atoms with Crippen LogP contribution in [0.2, 0.25) is 0 Å². The minimum Gasteiger partial charge on any atom is -0.417 e. The third kappa shape index (κ3) is 5.13. The summed E-state index contributed by atoms with van der Waals surface area (Å²) in [4.78, 5) is 11.5. The smallest absolute Gasteiger partial charge is 0.416 e. The van der Waals surface area contributed by atoms with E-state index in [9.17, 15) is 34.8 Å². The monoisotopic (exact) mass is 540 g/mol. The lowest BCUT2D eigenvalue weighted by Crippen LogP contribution is -2.18. The van der Waals surface area contributed by atoms with E-state index in [1.165, 1.54) is 36.4 Å². The van der Waals surface area contributed by atoms with Crippen molar-refractivity contribution in [3.8, 4) is 5.75 Å². The first kappa shape index (κ1) is 25.1. The molecular formula is C22H15F3N2O7S2. The second-order valence-electron chi connectivity index (χ2n) is 7.36. The van der Waals surface area contributed by atoms with Crippen molar-refractivity contribution in [2.24, 2.45) is 0 Å². The molecule has 0 saturated carbocycles. The van der Waals surface area contributed by atoms with E-state index in [0.717, 1.165) is 24.3 Å². The zero-order valence-corrected chi connectivity index (χ0v) is 19.4. The van der Waals surface area contributed by atoms with Crippen molar-refractivity contribution in [1.82, 2.24) is 0 Å². The van der Waals surface area contributed by atoms with E-state index in [1.54, 1.807) is 0 Å². The second-order valence-corrected chi connectivity index (χ2v) is 10.6. The fraction of sp³-hybridized carbons (Fsp3) is 0.0455. The zero-order valence-electron chi connectivity index (χ0n) is 17.8. The van der Waals surface area contributed by atoms with Crippen molar-refractivity contribution in [3.63, 3.8) is 0 Å². The minimum absolute atomic E-state index is 0.0707. The summed E-state index contributed by atoms with van der Waals surface area (Å²) in [7, 11) is -8.96. The van der Waals surface area contributed by atoms with Crippen LogP contribution in [0.3, 0.4) is 0 Å². The molecule has 3 aromatic carbocycles. The van der Waals surface area contributed by atoms with Gasteiger partial charge in [-0.25, -0.2) is 13.2 Å². The lowest BCUT2D eigenvalue weighted by molar-refractivity contribution is -0.137. The van der Waals surface area contributed by atoms with Crippen molar-refractivity contribution in [2.75, 3.05) is 10.5 Å². The first-order valence-corrected chi connectivity index (χ1v) is 12.7. The first-order chi connectivity index (χ1) is 16.8. The Hall–Kier alpha value is -4.04. The number of nitrogens with one attached hydrogen (secondary N) is 1. The van der Waals surface area contributed by atoms with E-state index in [0.29, 0.717) is 17.8 Å². The normalized spacial score (nSPS) is 12.4. The Morgan fingerprint density at radius 1 is 0.861 bits per heavy atom. The van der Waals surface area contributed by atoms with E-state index < -0.39 is 53.8 Å². The number of nitrogen functional groups attached to an aromatic ring is 1. The molecule has 0 unspecified atom stereocenters. The number of rotatable bonds is 6. The number of nitrogens with two attached hydrogens (primary N) is 1. The Kier molecular flexibility index (Phi) is 6.18. The Bertz CT molecular complexity index is 1730. The Morgan fingerprint density at radius 2 is 1.53 bits per heavy atom. The van der Waals surface area contributed by atoms with Crippen molar-refractivity contribution in [3.05, 3.63) is 88.8 Å². The van der Waals surface area contributed by atoms with E-state index >= 15 is 0 Å². The molecule has 0 fully saturated rings. The maximum atomic E-state index is 13.0. The zero-order chi connectivity index (χ0) is 26.3. The number of sulfonamides is 1. The van der Waals surface area contributed by atoms with Crippen molar-refractivity contribution in [1.29, 1.82) is 0 Å². The van der Waals surface area contributed by atoms with Crippen LogP contribution in [0.1, 0.15) is 5.56 Å². The molecule has 0 radical (unpaired) electrons. The van der Waals surface area contributed by atoms with Gasteiger partial charge in [-0.05, 0) is 54.6 Å². The predicted octanol–water partition coefficient (Wildman–Crippen LogP) is 3.96. The molecule has 0 atom stereocenters. The third-order valence-electron chi connectivity index (χ3n) is 4.81. The molecule has 0 aliphatic heterocycles. The maximum absolute atomic E-state index is 13.0. The van der Waals surface area contributed by atoms with Gasteiger partial charge in [-0.2, -0.15) is 21.6 Å². The van der Waals surface area contributed by atoms with Gasteiger partial charge in [0.1, 0.15) is 10.6 Å². The summed E-state index contributed by atoms with van der Waals surface area (Å²) in [6.07, 6.45) is -4.78.